The van der Waals surface area contributed by atoms with Gasteiger partial charge in [0.05, 0.1) is 12.7 Å². The summed E-state index contributed by atoms with van der Waals surface area (Å²) in [5.41, 5.74) is 5.50. The molecule has 0 aliphatic heterocycles. The second-order valence-electron chi connectivity index (χ2n) is 3.35. The molecule has 1 amide bonds. The van der Waals surface area contributed by atoms with Crippen molar-refractivity contribution in [2.75, 3.05) is 7.11 Å². The Morgan fingerprint density at radius 1 is 1.50 bits per heavy atom. The summed E-state index contributed by atoms with van der Waals surface area (Å²) in [4.78, 5) is 11.2. The van der Waals surface area contributed by atoms with Crippen LogP contribution in [-0.4, -0.2) is 28.4 Å². The van der Waals surface area contributed by atoms with Crippen LogP contribution >= 0.6 is 15.9 Å². The molecule has 2 rings (SSSR count). The van der Waals surface area contributed by atoms with Gasteiger partial charge < -0.3 is 10.5 Å². The average molecular weight is 315 g/mol. The number of methoxy groups -OCH3 is 1. The van der Waals surface area contributed by atoms with Crippen LogP contribution in [0, 0.1) is 5.82 Å². The van der Waals surface area contributed by atoms with Crippen molar-refractivity contribution in [2.45, 2.75) is 0 Å². The normalized spacial score (nSPS) is 10.4. The van der Waals surface area contributed by atoms with Gasteiger partial charge in [0.2, 0.25) is 0 Å². The minimum Gasteiger partial charge on any atom is -0.493 e. The molecule has 8 heteroatoms. The molecular weight excluding hydrogens is 307 g/mol. The van der Waals surface area contributed by atoms with E-state index in [-0.39, 0.29) is 22.7 Å². The number of primary amides is 1. The Hall–Kier alpha value is -1.96. The molecule has 1 aromatic heterocycles. The summed E-state index contributed by atoms with van der Waals surface area (Å²) >= 11 is 3.15. The van der Waals surface area contributed by atoms with Gasteiger partial charge in [0.1, 0.15) is 5.69 Å². The quantitative estimate of drug-likeness (QED) is 0.897. The SMILES string of the molecule is COc1c(F)cc(Br)cc1-c1n[nH]nc1C(N)=O. The van der Waals surface area contributed by atoms with E-state index in [9.17, 15) is 9.18 Å². The van der Waals surface area contributed by atoms with E-state index >= 15 is 0 Å². The maximum Gasteiger partial charge on any atom is 0.271 e. The summed E-state index contributed by atoms with van der Waals surface area (Å²) in [5, 5.41) is 9.69. The van der Waals surface area contributed by atoms with E-state index in [0.29, 0.717) is 4.47 Å². The molecule has 0 radical (unpaired) electrons. The van der Waals surface area contributed by atoms with Crippen LogP contribution in [0.1, 0.15) is 10.5 Å². The number of H-pyrrole nitrogens is 1. The highest BCUT2D eigenvalue weighted by Gasteiger charge is 2.21. The maximum atomic E-state index is 13.7. The summed E-state index contributed by atoms with van der Waals surface area (Å²) < 4.78 is 19.1. The number of aromatic amines is 1. The topological polar surface area (TPSA) is 93.9 Å². The Labute approximate surface area is 109 Å². The molecule has 0 aliphatic rings. The zero-order valence-corrected chi connectivity index (χ0v) is 10.8. The number of hydrogen-bond donors (Lipinski definition) is 2. The van der Waals surface area contributed by atoms with Crippen molar-refractivity contribution in [2.24, 2.45) is 5.73 Å². The van der Waals surface area contributed by atoms with E-state index in [2.05, 4.69) is 31.3 Å². The van der Waals surface area contributed by atoms with Crippen LogP contribution < -0.4 is 10.5 Å². The van der Waals surface area contributed by atoms with E-state index < -0.39 is 11.7 Å². The number of ether oxygens (including phenoxy) is 1. The number of benzene rings is 1. The Bertz CT molecular complexity index is 614. The number of hydrogen-bond acceptors (Lipinski definition) is 4. The van der Waals surface area contributed by atoms with Crippen molar-refractivity contribution in [1.82, 2.24) is 15.4 Å². The summed E-state index contributed by atoms with van der Waals surface area (Å²) in [5.74, 6) is -1.38. The lowest BCUT2D eigenvalue weighted by Gasteiger charge is -2.08. The molecule has 94 valence electrons. The smallest absolute Gasteiger partial charge is 0.271 e. The van der Waals surface area contributed by atoms with Crippen molar-refractivity contribution >= 4 is 21.8 Å². The third kappa shape index (κ3) is 2.06. The van der Waals surface area contributed by atoms with Crippen LogP contribution in [-0.2, 0) is 0 Å². The molecule has 0 saturated carbocycles. The first-order chi connectivity index (χ1) is 8.54. The number of amides is 1. The van der Waals surface area contributed by atoms with Gasteiger partial charge in [-0.1, -0.05) is 15.9 Å². The standard InChI is InChI=1S/C10H8BrFN4O2/c1-18-9-5(2-4(11)3-6(9)12)7-8(10(13)17)15-16-14-7/h2-3H,1H3,(H2,13,17)(H,14,15,16). The van der Waals surface area contributed by atoms with Crippen LogP contribution in [0.15, 0.2) is 16.6 Å². The highest BCUT2D eigenvalue weighted by atomic mass is 79.9. The molecule has 0 spiro atoms. The molecule has 18 heavy (non-hydrogen) atoms. The number of halogens is 2. The number of rotatable bonds is 3. The van der Waals surface area contributed by atoms with E-state index in [1.807, 2.05) is 0 Å². The Balaban J connectivity index is 2.70. The molecule has 3 N–H and O–H groups in total. The van der Waals surface area contributed by atoms with Gasteiger partial charge in [-0.05, 0) is 12.1 Å². The summed E-state index contributed by atoms with van der Waals surface area (Å²) in [7, 11) is 1.32. The Morgan fingerprint density at radius 3 is 2.83 bits per heavy atom. The first-order valence-corrected chi connectivity index (χ1v) is 5.58. The van der Waals surface area contributed by atoms with Crippen LogP contribution in [0.5, 0.6) is 5.75 Å². The van der Waals surface area contributed by atoms with Crippen molar-refractivity contribution in [3.05, 3.63) is 28.1 Å². The van der Waals surface area contributed by atoms with Gasteiger partial charge in [-0.3, -0.25) is 4.79 Å². The summed E-state index contributed by atoms with van der Waals surface area (Å²) in [6, 6.07) is 2.80. The number of aromatic nitrogens is 3. The van der Waals surface area contributed by atoms with Crippen LogP contribution in [0.4, 0.5) is 4.39 Å². The van der Waals surface area contributed by atoms with Gasteiger partial charge in [0.25, 0.3) is 5.91 Å². The Morgan fingerprint density at radius 2 is 2.22 bits per heavy atom. The minimum atomic E-state index is -0.763. The molecule has 1 aromatic carbocycles. The molecule has 1 heterocycles. The van der Waals surface area contributed by atoms with E-state index in [1.165, 1.54) is 13.2 Å². The fourth-order valence-electron chi connectivity index (χ4n) is 1.53. The average Bonchev–Trinajstić information content (AvgIpc) is 2.76. The third-order valence-electron chi connectivity index (χ3n) is 2.25. The summed E-state index contributed by atoms with van der Waals surface area (Å²) in [6.45, 7) is 0. The second-order valence-corrected chi connectivity index (χ2v) is 4.27. The predicted octanol–water partition coefficient (Wildman–Crippen LogP) is 1.48. The van der Waals surface area contributed by atoms with Crippen LogP contribution in [0.25, 0.3) is 11.3 Å². The molecule has 0 fully saturated rings. The van der Waals surface area contributed by atoms with Crippen molar-refractivity contribution < 1.29 is 13.9 Å². The number of nitrogens with two attached hydrogens (primary N) is 1. The molecule has 0 atom stereocenters. The molecule has 6 nitrogen and oxygen atoms in total. The van der Waals surface area contributed by atoms with Gasteiger partial charge in [-0.25, -0.2) is 4.39 Å². The van der Waals surface area contributed by atoms with Crippen LogP contribution in [0.3, 0.4) is 0 Å². The number of nitrogens with zero attached hydrogens (tertiary/aromatic N) is 2. The zero-order chi connectivity index (χ0) is 13.3. The summed E-state index contributed by atoms with van der Waals surface area (Å²) in [6.07, 6.45) is 0. The second kappa shape index (κ2) is 4.73. The van der Waals surface area contributed by atoms with Crippen molar-refractivity contribution in [1.29, 1.82) is 0 Å². The zero-order valence-electron chi connectivity index (χ0n) is 9.20. The lowest BCUT2D eigenvalue weighted by Crippen LogP contribution is -2.13. The first kappa shape index (κ1) is 12.5. The van der Waals surface area contributed by atoms with E-state index in [1.54, 1.807) is 6.07 Å². The number of carbonyl (C=O) groups is 1. The monoisotopic (exact) mass is 314 g/mol. The molecule has 0 saturated heterocycles. The predicted molar refractivity (Wildman–Crippen MR) is 64.5 cm³/mol. The lowest BCUT2D eigenvalue weighted by molar-refractivity contribution is 0.0996. The molecular formula is C10H8BrFN4O2. The largest absolute Gasteiger partial charge is 0.493 e. The fourth-order valence-corrected chi connectivity index (χ4v) is 1.96. The highest BCUT2D eigenvalue weighted by Crippen LogP contribution is 2.35. The minimum absolute atomic E-state index is 0.0328. The van der Waals surface area contributed by atoms with E-state index in [4.69, 9.17) is 10.5 Å². The Kier molecular flexibility index (Phi) is 3.28. The van der Waals surface area contributed by atoms with Crippen molar-refractivity contribution in [3.63, 3.8) is 0 Å². The first-order valence-electron chi connectivity index (χ1n) is 4.78. The fraction of sp³-hybridized carbons (Fsp3) is 0.100. The van der Waals surface area contributed by atoms with Gasteiger partial charge in [-0.2, -0.15) is 15.4 Å². The maximum absolute atomic E-state index is 13.7. The van der Waals surface area contributed by atoms with Gasteiger partial charge in [-0.15, -0.1) is 0 Å². The molecule has 0 aliphatic carbocycles. The van der Waals surface area contributed by atoms with Crippen molar-refractivity contribution in [3.8, 4) is 17.0 Å². The van der Waals surface area contributed by atoms with Gasteiger partial charge in [0, 0.05) is 4.47 Å². The van der Waals surface area contributed by atoms with E-state index in [0.717, 1.165) is 0 Å². The molecule has 0 bridgehead atoms. The molecule has 0 unspecified atom stereocenters. The van der Waals surface area contributed by atoms with Gasteiger partial charge >= 0.3 is 0 Å². The third-order valence-corrected chi connectivity index (χ3v) is 2.71. The van der Waals surface area contributed by atoms with Gasteiger partial charge in [0.15, 0.2) is 17.3 Å². The van der Waals surface area contributed by atoms with Crippen LogP contribution in [0.2, 0.25) is 0 Å². The lowest BCUT2D eigenvalue weighted by atomic mass is 10.1. The number of carbonyl (C=O) groups excluding carboxylic acids is 1. The highest BCUT2D eigenvalue weighted by molar-refractivity contribution is 9.10. The number of nitrogens with one attached hydrogen (secondary N) is 1. The molecule has 2 aromatic rings.